The molecule has 5 nitrogen and oxygen atoms in total. The van der Waals surface area contributed by atoms with Crippen LogP contribution < -0.4 is 0 Å². The minimum atomic E-state index is -3.37. The Kier molecular flexibility index (Phi) is 4.71. The molecule has 2 atom stereocenters. The molecule has 30 heavy (non-hydrogen) atoms. The van der Waals surface area contributed by atoms with Gasteiger partial charge < -0.3 is 9.52 Å². The van der Waals surface area contributed by atoms with Crippen molar-refractivity contribution in [2.24, 2.45) is 5.92 Å². The maximum absolute atomic E-state index is 13.0. The number of aliphatic hydroxyl groups is 1. The summed E-state index contributed by atoms with van der Waals surface area (Å²) in [7, 11) is -3.37. The summed E-state index contributed by atoms with van der Waals surface area (Å²) in [5, 5.41) is 10.2. The lowest BCUT2D eigenvalue weighted by atomic mass is 9.86. The van der Waals surface area contributed by atoms with Crippen LogP contribution in [0.25, 0.3) is 0 Å². The lowest BCUT2D eigenvalue weighted by Crippen LogP contribution is -2.19. The van der Waals surface area contributed by atoms with Crippen molar-refractivity contribution in [3.63, 3.8) is 0 Å². The molecule has 1 heterocycles. The van der Waals surface area contributed by atoms with Gasteiger partial charge in [0.2, 0.25) is 0 Å². The largest absolute Gasteiger partial charge is 0.454 e. The Morgan fingerprint density at radius 1 is 1.33 bits per heavy atom. The molecule has 0 spiro atoms. The number of ketones is 1. The van der Waals surface area contributed by atoms with E-state index in [0.717, 1.165) is 24.8 Å². The molecule has 0 aliphatic heterocycles. The van der Waals surface area contributed by atoms with Crippen molar-refractivity contribution in [3.05, 3.63) is 52.3 Å². The van der Waals surface area contributed by atoms with E-state index in [9.17, 15) is 14.1 Å². The predicted molar refractivity (Wildman–Crippen MR) is 114 cm³/mol. The number of aryl methyl sites for hydroxylation is 1. The molecule has 2 aromatic rings. The van der Waals surface area contributed by atoms with Gasteiger partial charge in [0.25, 0.3) is 0 Å². The molecule has 2 N–H and O–H groups in total. The van der Waals surface area contributed by atoms with Crippen LogP contribution in [0.5, 0.6) is 0 Å². The van der Waals surface area contributed by atoms with Crippen molar-refractivity contribution >= 4 is 15.5 Å². The van der Waals surface area contributed by atoms with Gasteiger partial charge in [-0.1, -0.05) is 19.1 Å². The Hall–Kier alpha value is -1.92. The normalized spacial score (nSPS) is 22.3. The third-order valence-electron chi connectivity index (χ3n) is 7.16. The van der Waals surface area contributed by atoms with Gasteiger partial charge in [-0.25, -0.2) is 8.99 Å². The number of hydrogen-bond donors (Lipinski definition) is 2. The van der Waals surface area contributed by atoms with Crippen molar-refractivity contribution < 1.29 is 18.5 Å². The number of nitrogens with one attached hydrogen (secondary N) is 1. The van der Waals surface area contributed by atoms with E-state index in [1.165, 1.54) is 41.9 Å². The van der Waals surface area contributed by atoms with Crippen molar-refractivity contribution in [1.29, 1.82) is 4.78 Å². The molecule has 0 amide bonds. The lowest BCUT2D eigenvalue weighted by molar-refractivity contribution is -0.116. The van der Waals surface area contributed by atoms with Gasteiger partial charge in [0, 0.05) is 18.1 Å². The Bertz CT molecular complexity index is 1110. The maximum Gasteiger partial charge on any atom is 0.199 e. The van der Waals surface area contributed by atoms with Crippen LogP contribution >= 0.6 is 0 Å². The van der Waals surface area contributed by atoms with Gasteiger partial charge in [-0.3, -0.25) is 4.79 Å². The minimum absolute atomic E-state index is 0.00367. The summed E-state index contributed by atoms with van der Waals surface area (Å²) >= 11 is 0. The fourth-order valence-corrected chi connectivity index (χ4v) is 6.15. The first-order chi connectivity index (χ1) is 14.3. The van der Waals surface area contributed by atoms with Crippen LogP contribution in [0.4, 0.5) is 0 Å². The molecule has 3 aliphatic carbocycles. The SMILES string of the molecule is C[C@H](c1ccc2c(c1CC(=O)C[S@@](=N)(=O)c1cc(C3(O)CC3)co1)CCC2)C1CC1. The molecule has 5 rings (SSSR count). The smallest absolute Gasteiger partial charge is 0.199 e. The van der Waals surface area contributed by atoms with Crippen LogP contribution in [0.1, 0.15) is 72.8 Å². The topological polar surface area (TPSA) is 91.4 Å². The zero-order valence-electron chi connectivity index (χ0n) is 17.4. The highest BCUT2D eigenvalue weighted by atomic mass is 32.2. The molecule has 0 unspecified atom stereocenters. The van der Waals surface area contributed by atoms with Gasteiger partial charge in [-0.05, 0) is 79.0 Å². The minimum Gasteiger partial charge on any atom is -0.454 e. The van der Waals surface area contributed by atoms with Crippen molar-refractivity contribution in [1.82, 2.24) is 0 Å². The standard InChI is InChI=1S/C24H29NO4S/c1-15(16-5-6-16)20-8-7-17-3-2-4-21(17)22(20)12-19(26)14-30(25,28)23-11-18(13-29-23)24(27)9-10-24/h7-8,11,13,15-16,25,27H,2-6,9-10,12,14H2,1H3/t15-,30+/m0/s1. The Balaban J connectivity index is 1.37. The zero-order valence-corrected chi connectivity index (χ0v) is 18.2. The van der Waals surface area contributed by atoms with E-state index in [0.29, 0.717) is 30.2 Å². The van der Waals surface area contributed by atoms with E-state index in [4.69, 9.17) is 9.20 Å². The molecule has 0 radical (unpaired) electrons. The molecule has 1 aromatic carbocycles. The monoisotopic (exact) mass is 427 g/mol. The quantitative estimate of drug-likeness (QED) is 0.650. The summed E-state index contributed by atoms with van der Waals surface area (Å²) in [6.07, 6.45) is 8.57. The summed E-state index contributed by atoms with van der Waals surface area (Å²) in [5.74, 6) is 0.612. The number of carbonyl (C=O) groups is 1. The molecule has 3 aliphatic rings. The summed E-state index contributed by atoms with van der Waals surface area (Å²) in [4.78, 5) is 13.0. The summed E-state index contributed by atoms with van der Waals surface area (Å²) in [6.45, 7) is 2.25. The van der Waals surface area contributed by atoms with E-state index in [1.54, 1.807) is 0 Å². The van der Waals surface area contributed by atoms with Crippen molar-refractivity contribution in [3.8, 4) is 0 Å². The Morgan fingerprint density at radius 2 is 2.10 bits per heavy atom. The molecular formula is C24H29NO4S. The van der Waals surface area contributed by atoms with Gasteiger partial charge in [-0.2, -0.15) is 0 Å². The summed E-state index contributed by atoms with van der Waals surface area (Å²) in [6, 6.07) is 5.92. The first kappa shape index (κ1) is 20.0. The second-order valence-electron chi connectivity index (χ2n) is 9.47. The van der Waals surface area contributed by atoms with E-state index >= 15 is 0 Å². The molecule has 160 valence electrons. The lowest BCUT2D eigenvalue weighted by Gasteiger charge is -2.19. The molecule has 2 fully saturated rings. The highest BCUT2D eigenvalue weighted by molar-refractivity contribution is 7.93. The number of carbonyl (C=O) groups excluding carboxylic acids is 1. The van der Waals surface area contributed by atoms with Gasteiger partial charge in [0.15, 0.2) is 10.9 Å². The second kappa shape index (κ2) is 7.06. The van der Waals surface area contributed by atoms with Crippen molar-refractivity contribution in [2.75, 3.05) is 5.75 Å². The van der Waals surface area contributed by atoms with Gasteiger partial charge in [0.05, 0.1) is 17.6 Å². The number of rotatable bonds is 8. The van der Waals surface area contributed by atoms with Crippen LogP contribution in [-0.4, -0.2) is 20.9 Å². The first-order valence-electron chi connectivity index (χ1n) is 11.0. The molecule has 0 saturated heterocycles. The molecule has 2 saturated carbocycles. The average molecular weight is 428 g/mol. The predicted octanol–water partition coefficient (Wildman–Crippen LogP) is 4.48. The van der Waals surface area contributed by atoms with Crippen LogP contribution in [0, 0.1) is 10.7 Å². The van der Waals surface area contributed by atoms with Gasteiger partial charge in [0.1, 0.15) is 9.73 Å². The molecule has 6 heteroatoms. The van der Waals surface area contributed by atoms with E-state index in [-0.39, 0.29) is 23.0 Å². The van der Waals surface area contributed by atoms with Crippen LogP contribution in [0.3, 0.4) is 0 Å². The Morgan fingerprint density at radius 3 is 2.80 bits per heavy atom. The highest BCUT2D eigenvalue weighted by Gasteiger charge is 2.44. The summed E-state index contributed by atoms with van der Waals surface area (Å²) < 4.78 is 26.6. The second-order valence-corrected chi connectivity index (χ2v) is 11.5. The molecule has 1 aromatic heterocycles. The molecule has 0 bridgehead atoms. The first-order valence-corrected chi connectivity index (χ1v) is 12.7. The molecular weight excluding hydrogens is 398 g/mol. The van der Waals surface area contributed by atoms with Crippen LogP contribution in [0.2, 0.25) is 0 Å². The van der Waals surface area contributed by atoms with E-state index in [1.807, 2.05) is 0 Å². The highest BCUT2D eigenvalue weighted by Crippen LogP contribution is 2.46. The van der Waals surface area contributed by atoms with Crippen molar-refractivity contribution in [2.45, 2.75) is 74.9 Å². The third kappa shape index (κ3) is 3.65. The number of fused-ring (bicyclic) bond motifs is 1. The van der Waals surface area contributed by atoms with Gasteiger partial charge in [-0.15, -0.1) is 0 Å². The van der Waals surface area contributed by atoms with E-state index in [2.05, 4.69) is 19.1 Å². The third-order valence-corrected chi connectivity index (χ3v) is 8.75. The fourth-order valence-electron chi connectivity index (χ4n) is 4.93. The average Bonchev–Trinajstić information content (AvgIpc) is 3.56. The fraction of sp³-hybridized carbons (Fsp3) is 0.542. The Labute approximate surface area is 177 Å². The zero-order chi connectivity index (χ0) is 21.1. The van der Waals surface area contributed by atoms with E-state index < -0.39 is 15.3 Å². The van der Waals surface area contributed by atoms with Crippen LogP contribution in [0.15, 0.2) is 34.0 Å². The number of Topliss-reactive ketones (excluding diaryl/α,β-unsaturated/α-hetero) is 1. The maximum atomic E-state index is 13.0. The van der Waals surface area contributed by atoms with Gasteiger partial charge >= 0.3 is 0 Å². The van der Waals surface area contributed by atoms with Crippen LogP contribution in [-0.2, 0) is 39.4 Å². The number of benzene rings is 1. The number of hydrogen-bond acceptors (Lipinski definition) is 5. The summed E-state index contributed by atoms with van der Waals surface area (Å²) in [5.41, 5.74) is 4.69. The number of furan rings is 1.